The van der Waals surface area contributed by atoms with Crippen LogP contribution in [0.25, 0.3) is 11.1 Å². The van der Waals surface area contributed by atoms with E-state index in [1.165, 1.54) is 0 Å². The Hall–Kier alpha value is -1.94. The van der Waals surface area contributed by atoms with Crippen LogP contribution in [-0.4, -0.2) is 32.0 Å². The van der Waals surface area contributed by atoms with Crippen molar-refractivity contribution < 1.29 is 23.1 Å². The summed E-state index contributed by atoms with van der Waals surface area (Å²) in [6.45, 7) is 4.56. The number of hydrogen-bond donors (Lipinski definition) is 0. The SMILES string of the molecule is CCOP(=O)(CCCCOC(=O)c1ccc(-c2ccccc2)cc1)OCC. The number of unbranched alkanes of at least 4 members (excludes halogenated alkanes) is 1. The molecule has 6 heteroatoms. The minimum atomic E-state index is -3.02. The zero-order chi connectivity index (χ0) is 19.5. The van der Waals surface area contributed by atoms with Crippen molar-refractivity contribution in [2.24, 2.45) is 0 Å². The first-order valence-electron chi connectivity index (χ1n) is 9.28. The van der Waals surface area contributed by atoms with Gasteiger partial charge in [-0.15, -0.1) is 0 Å². The largest absolute Gasteiger partial charge is 0.462 e. The monoisotopic (exact) mass is 390 g/mol. The molecule has 0 heterocycles. The number of esters is 1. The van der Waals surface area contributed by atoms with E-state index in [2.05, 4.69) is 0 Å². The van der Waals surface area contributed by atoms with Crippen LogP contribution in [0.1, 0.15) is 37.0 Å². The number of ether oxygens (including phenoxy) is 1. The number of rotatable bonds is 11. The van der Waals surface area contributed by atoms with Gasteiger partial charge in [0.25, 0.3) is 0 Å². The molecule has 0 atom stereocenters. The van der Waals surface area contributed by atoms with E-state index in [-0.39, 0.29) is 12.6 Å². The zero-order valence-corrected chi connectivity index (χ0v) is 16.8. The highest BCUT2D eigenvalue weighted by atomic mass is 31.2. The second-order valence-electron chi connectivity index (χ2n) is 5.96. The number of carbonyl (C=O) groups excluding carboxylic acids is 1. The molecular weight excluding hydrogens is 363 g/mol. The first kappa shape index (κ1) is 21.4. The van der Waals surface area contributed by atoms with Gasteiger partial charge in [-0.25, -0.2) is 4.79 Å². The van der Waals surface area contributed by atoms with Gasteiger partial charge < -0.3 is 13.8 Å². The maximum absolute atomic E-state index is 12.3. The standard InChI is InChI=1S/C21H27O5P/c1-3-25-27(23,26-4-2)17-9-8-16-24-21(22)20-14-12-19(13-15-20)18-10-6-5-7-11-18/h5-7,10-15H,3-4,8-9,16-17H2,1-2H3. The Balaban J connectivity index is 1.76. The van der Waals surface area contributed by atoms with Gasteiger partial charge in [0.2, 0.25) is 0 Å². The van der Waals surface area contributed by atoms with Gasteiger partial charge in [0.15, 0.2) is 0 Å². The fourth-order valence-electron chi connectivity index (χ4n) is 2.64. The molecule has 2 aromatic carbocycles. The molecular formula is C21H27O5P. The lowest BCUT2D eigenvalue weighted by Gasteiger charge is -2.16. The van der Waals surface area contributed by atoms with Crippen LogP contribution in [0.2, 0.25) is 0 Å². The molecule has 0 spiro atoms. The summed E-state index contributed by atoms with van der Waals surface area (Å²) in [6, 6.07) is 17.3. The Bertz CT molecular complexity index is 733. The average Bonchev–Trinajstić information content (AvgIpc) is 2.69. The highest BCUT2D eigenvalue weighted by Crippen LogP contribution is 2.48. The molecule has 0 aliphatic rings. The number of hydrogen-bond acceptors (Lipinski definition) is 5. The van der Waals surface area contributed by atoms with Gasteiger partial charge >= 0.3 is 13.6 Å². The van der Waals surface area contributed by atoms with Gasteiger partial charge in [0.1, 0.15) is 0 Å². The second kappa shape index (κ2) is 11.0. The molecule has 0 saturated carbocycles. The van der Waals surface area contributed by atoms with E-state index in [1.807, 2.05) is 42.5 Å². The van der Waals surface area contributed by atoms with Gasteiger partial charge in [-0.2, -0.15) is 0 Å². The van der Waals surface area contributed by atoms with Crippen LogP contribution < -0.4 is 0 Å². The lowest BCUT2D eigenvalue weighted by molar-refractivity contribution is 0.0499. The van der Waals surface area contributed by atoms with E-state index in [0.717, 1.165) is 11.1 Å². The van der Waals surface area contributed by atoms with Gasteiger partial charge in [-0.05, 0) is 49.9 Å². The third kappa shape index (κ3) is 6.94. The topological polar surface area (TPSA) is 61.8 Å². The van der Waals surface area contributed by atoms with E-state index in [9.17, 15) is 9.36 Å². The molecule has 0 amide bonds. The van der Waals surface area contributed by atoms with Crippen LogP contribution in [-0.2, 0) is 18.3 Å². The lowest BCUT2D eigenvalue weighted by Crippen LogP contribution is -2.07. The molecule has 0 saturated heterocycles. The summed E-state index contributed by atoms with van der Waals surface area (Å²) in [4.78, 5) is 12.1. The van der Waals surface area contributed by atoms with E-state index >= 15 is 0 Å². The lowest BCUT2D eigenvalue weighted by atomic mass is 10.0. The van der Waals surface area contributed by atoms with E-state index in [0.29, 0.717) is 37.8 Å². The molecule has 2 rings (SSSR count). The number of carbonyl (C=O) groups is 1. The minimum absolute atomic E-state index is 0.275. The van der Waals surface area contributed by atoms with Crippen molar-refractivity contribution in [1.82, 2.24) is 0 Å². The smallest absolute Gasteiger partial charge is 0.338 e. The summed E-state index contributed by atoms with van der Waals surface area (Å²) in [5.41, 5.74) is 2.67. The highest BCUT2D eigenvalue weighted by molar-refractivity contribution is 7.53. The fraction of sp³-hybridized carbons (Fsp3) is 0.381. The maximum atomic E-state index is 12.3. The van der Waals surface area contributed by atoms with Crippen molar-refractivity contribution in [2.45, 2.75) is 26.7 Å². The molecule has 0 aromatic heterocycles. The second-order valence-corrected chi connectivity index (χ2v) is 8.14. The molecule has 0 unspecified atom stereocenters. The summed E-state index contributed by atoms with van der Waals surface area (Å²) in [5, 5.41) is 0. The van der Waals surface area contributed by atoms with Gasteiger partial charge in [0, 0.05) is 0 Å². The van der Waals surface area contributed by atoms with Crippen molar-refractivity contribution in [3.63, 3.8) is 0 Å². The van der Waals surface area contributed by atoms with Gasteiger partial charge in [-0.1, -0.05) is 42.5 Å². The summed E-state index contributed by atoms with van der Waals surface area (Å²) in [7, 11) is -3.02. The first-order chi connectivity index (χ1) is 13.1. The Morgan fingerprint density at radius 3 is 2.04 bits per heavy atom. The van der Waals surface area contributed by atoms with Crippen molar-refractivity contribution in [2.75, 3.05) is 26.0 Å². The Morgan fingerprint density at radius 2 is 1.44 bits per heavy atom. The quantitative estimate of drug-likeness (QED) is 0.286. The third-order valence-electron chi connectivity index (χ3n) is 3.94. The minimum Gasteiger partial charge on any atom is -0.462 e. The van der Waals surface area contributed by atoms with Crippen LogP contribution in [0.15, 0.2) is 54.6 Å². The molecule has 0 fully saturated rings. The predicted molar refractivity (Wildman–Crippen MR) is 107 cm³/mol. The summed E-state index contributed by atoms with van der Waals surface area (Å²) < 4.78 is 28.1. The fourth-order valence-corrected chi connectivity index (χ4v) is 4.38. The first-order valence-corrected chi connectivity index (χ1v) is 11.0. The van der Waals surface area contributed by atoms with Crippen LogP contribution in [0.4, 0.5) is 0 Å². The molecule has 146 valence electrons. The molecule has 0 radical (unpaired) electrons. The van der Waals surface area contributed by atoms with Gasteiger partial charge in [-0.3, -0.25) is 4.57 Å². The zero-order valence-electron chi connectivity index (χ0n) is 15.9. The molecule has 27 heavy (non-hydrogen) atoms. The summed E-state index contributed by atoms with van der Waals surface area (Å²) in [5.74, 6) is -0.354. The van der Waals surface area contributed by atoms with Gasteiger partial charge in [0.05, 0.1) is 31.5 Å². The van der Waals surface area contributed by atoms with Crippen molar-refractivity contribution in [3.05, 3.63) is 60.2 Å². The highest BCUT2D eigenvalue weighted by Gasteiger charge is 2.22. The molecule has 0 N–H and O–H groups in total. The molecule has 0 aliphatic carbocycles. The van der Waals surface area contributed by atoms with Crippen molar-refractivity contribution in [3.8, 4) is 11.1 Å². The Morgan fingerprint density at radius 1 is 0.852 bits per heavy atom. The maximum Gasteiger partial charge on any atom is 0.338 e. The molecule has 2 aromatic rings. The Kier molecular flexibility index (Phi) is 8.73. The van der Waals surface area contributed by atoms with Crippen LogP contribution in [0, 0.1) is 0 Å². The molecule has 0 bridgehead atoms. The van der Waals surface area contributed by atoms with E-state index < -0.39 is 7.60 Å². The Labute approximate surface area is 161 Å². The van der Waals surface area contributed by atoms with E-state index in [1.54, 1.807) is 26.0 Å². The number of benzene rings is 2. The summed E-state index contributed by atoms with van der Waals surface area (Å²) in [6.07, 6.45) is 1.55. The third-order valence-corrected chi connectivity index (χ3v) is 6.11. The summed E-state index contributed by atoms with van der Waals surface area (Å²) >= 11 is 0. The van der Waals surface area contributed by atoms with Crippen LogP contribution in [0.3, 0.4) is 0 Å². The van der Waals surface area contributed by atoms with E-state index in [4.69, 9.17) is 13.8 Å². The average molecular weight is 390 g/mol. The molecule has 0 aliphatic heterocycles. The van der Waals surface area contributed by atoms with Crippen molar-refractivity contribution in [1.29, 1.82) is 0 Å². The van der Waals surface area contributed by atoms with Crippen molar-refractivity contribution >= 4 is 13.6 Å². The normalized spacial score (nSPS) is 11.3. The molecule has 5 nitrogen and oxygen atoms in total. The predicted octanol–water partition coefficient (Wildman–Crippen LogP) is 5.56. The van der Waals surface area contributed by atoms with Crippen LogP contribution >= 0.6 is 7.60 Å². The van der Waals surface area contributed by atoms with Crippen LogP contribution in [0.5, 0.6) is 0 Å².